The molecule has 1 heterocycles. The van der Waals surface area contributed by atoms with Gasteiger partial charge in [0.2, 0.25) is 0 Å². The molecule has 1 N–H and O–H groups in total. The van der Waals surface area contributed by atoms with Crippen LogP contribution in [0.4, 0.5) is 0 Å². The van der Waals surface area contributed by atoms with E-state index >= 15 is 0 Å². The summed E-state index contributed by atoms with van der Waals surface area (Å²) >= 11 is 1.39. The van der Waals surface area contributed by atoms with Crippen molar-refractivity contribution in [1.29, 1.82) is 0 Å². The highest BCUT2D eigenvalue weighted by molar-refractivity contribution is 7.17. The van der Waals surface area contributed by atoms with Crippen molar-refractivity contribution in [2.45, 2.75) is 19.4 Å². The molecule has 0 unspecified atom stereocenters. The van der Waals surface area contributed by atoms with Gasteiger partial charge in [0.1, 0.15) is 0 Å². The Morgan fingerprint density at radius 1 is 1.04 bits per heavy atom. The van der Waals surface area contributed by atoms with Crippen LogP contribution in [0.15, 0.2) is 71.7 Å². The molecule has 0 saturated heterocycles. The Bertz CT molecular complexity index is 778. The average Bonchev–Trinajstić information content (AvgIpc) is 2.96. The fourth-order valence-electron chi connectivity index (χ4n) is 2.45. The number of rotatable bonds is 5. The molecule has 0 bridgehead atoms. The highest BCUT2D eigenvalue weighted by Crippen LogP contribution is 2.35. The number of hydrogen-bond donors (Lipinski definition) is 1. The first kappa shape index (κ1) is 15.5. The lowest BCUT2D eigenvalue weighted by Gasteiger charge is -2.05. The van der Waals surface area contributed by atoms with E-state index in [1.54, 1.807) is 6.21 Å². The van der Waals surface area contributed by atoms with Crippen LogP contribution in [-0.4, -0.2) is 17.4 Å². The summed E-state index contributed by atoms with van der Waals surface area (Å²) in [5.74, 6) is 0. The van der Waals surface area contributed by atoms with Crippen molar-refractivity contribution in [3.05, 3.63) is 77.9 Å². The Kier molecular flexibility index (Phi) is 4.89. The van der Waals surface area contributed by atoms with E-state index in [-0.39, 0.29) is 6.04 Å². The van der Waals surface area contributed by atoms with Gasteiger partial charge in [-0.3, -0.25) is 4.99 Å². The molecule has 0 amide bonds. The molecule has 0 saturated carbocycles. The number of aromatic hydroxyl groups is 1. The third kappa shape index (κ3) is 4.08. The Morgan fingerprint density at radius 3 is 2.39 bits per heavy atom. The number of benzene rings is 2. The molecule has 0 spiro atoms. The van der Waals surface area contributed by atoms with Crippen molar-refractivity contribution in [3.63, 3.8) is 0 Å². The minimum absolute atomic E-state index is 0.178. The van der Waals surface area contributed by atoms with Crippen molar-refractivity contribution < 1.29 is 5.11 Å². The molecule has 2 aromatic carbocycles. The largest absolute Gasteiger partial charge is 0.499 e. The Labute approximate surface area is 140 Å². The van der Waals surface area contributed by atoms with Crippen LogP contribution in [0.2, 0.25) is 0 Å². The van der Waals surface area contributed by atoms with Crippen LogP contribution in [0.25, 0.3) is 10.4 Å². The van der Waals surface area contributed by atoms with Crippen LogP contribution in [0.5, 0.6) is 5.06 Å². The second-order valence-corrected chi connectivity index (χ2v) is 6.58. The highest BCUT2D eigenvalue weighted by atomic mass is 32.1. The number of nitrogens with zero attached hydrogens (tertiary/aromatic N) is 1. The van der Waals surface area contributed by atoms with Gasteiger partial charge < -0.3 is 5.11 Å². The van der Waals surface area contributed by atoms with Gasteiger partial charge in [-0.1, -0.05) is 72.0 Å². The van der Waals surface area contributed by atoms with Crippen LogP contribution in [-0.2, 0) is 6.42 Å². The van der Waals surface area contributed by atoms with Gasteiger partial charge in [0, 0.05) is 16.7 Å². The van der Waals surface area contributed by atoms with E-state index in [2.05, 4.69) is 24.0 Å². The van der Waals surface area contributed by atoms with Crippen LogP contribution >= 0.6 is 11.3 Å². The Balaban J connectivity index is 1.71. The molecule has 0 aliphatic heterocycles. The summed E-state index contributed by atoms with van der Waals surface area (Å²) in [5, 5.41) is 10.4. The van der Waals surface area contributed by atoms with Gasteiger partial charge in [-0.25, -0.2) is 0 Å². The lowest BCUT2D eigenvalue weighted by atomic mass is 10.1. The summed E-state index contributed by atoms with van der Waals surface area (Å²) in [5.41, 5.74) is 3.18. The first-order chi connectivity index (χ1) is 11.2. The maximum Gasteiger partial charge on any atom is 0.180 e. The van der Waals surface area contributed by atoms with Crippen molar-refractivity contribution >= 4 is 17.6 Å². The van der Waals surface area contributed by atoms with Crippen LogP contribution in [0.3, 0.4) is 0 Å². The van der Waals surface area contributed by atoms with E-state index in [4.69, 9.17) is 0 Å². The lowest BCUT2D eigenvalue weighted by molar-refractivity contribution is 0.490. The first-order valence-electron chi connectivity index (χ1n) is 7.67. The predicted molar refractivity (Wildman–Crippen MR) is 98.6 cm³/mol. The van der Waals surface area contributed by atoms with Crippen molar-refractivity contribution in [3.8, 4) is 15.5 Å². The lowest BCUT2D eigenvalue weighted by Crippen LogP contribution is -2.03. The first-order valence-corrected chi connectivity index (χ1v) is 8.49. The summed E-state index contributed by atoms with van der Waals surface area (Å²) in [6.07, 6.45) is 2.68. The second kappa shape index (κ2) is 7.25. The van der Waals surface area contributed by atoms with Gasteiger partial charge in [-0.05, 0) is 30.5 Å². The molecule has 1 aromatic heterocycles. The van der Waals surface area contributed by atoms with Crippen molar-refractivity contribution in [2.75, 3.05) is 0 Å². The average molecular weight is 321 g/mol. The van der Waals surface area contributed by atoms with E-state index in [9.17, 15) is 5.11 Å². The van der Waals surface area contributed by atoms with Gasteiger partial charge >= 0.3 is 0 Å². The number of thiophene rings is 1. The maximum atomic E-state index is 10.1. The maximum absolute atomic E-state index is 10.1. The van der Waals surface area contributed by atoms with Gasteiger partial charge in [-0.15, -0.1) is 0 Å². The fourth-order valence-corrected chi connectivity index (χ4v) is 3.33. The predicted octanol–water partition coefficient (Wildman–Crippen LogP) is 5.17. The molecule has 0 aliphatic rings. The minimum Gasteiger partial charge on any atom is -0.499 e. The van der Waals surface area contributed by atoms with Crippen LogP contribution < -0.4 is 0 Å². The van der Waals surface area contributed by atoms with E-state index in [1.807, 2.05) is 54.6 Å². The fraction of sp³-hybridized carbons (Fsp3) is 0.150. The molecule has 0 aliphatic carbocycles. The van der Waals surface area contributed by atoms with Crippen molar-refractivity contribution in [2.24, 2.45) is 4.99 Å². The molecular weight excluding hydrogens is 302 g/mol. The molecule has 0 fully saturated rings. The van der Waals surface area contributed by atoms with E-state index in [1.165, 1.54) is 16.9 Å². The van der Waals surface area contributed by atoms with E-state index in [0.717, 1.165) is 22.4 Å². The molecule has 3 aromatic rings. The van der Waals surface area contributed by atoms with Gasteiger partial charge in [-0.2, -0.15) is 0 Å². The molecule has 3 heteroatoms. The summed E-state index contributed by atoms with van der Waals surface area (Å²) in [6, 6.07) is 22.6. The summed E-state index contributed by atoms with van der Waals surface area (Å²) in [4.78, 5) is 5.63. The quantitative estimate of drug-likeness (QED) is 0.646. The summed E-state index contributed by atoms with van der Waals surface area (Å²) in [7, 11) is 0. The monoisotopic (exact) mass is 321 g/mol. The van der Waals surface area contributed by atoms with Gasteiger partial charge in [0.25, 0.3) is 0 Å². The molecule has 3 rings (SSSR count). The zero-order valence-electron chi connectivity index (χ0n) is 13.0. The normalized spacial score (nSPS) is 12.6. The molecule has 1 atom stereocenters. The topological polar surface area (TPSA) is 32.6 Å². The zero-order valence-corrected chi connectivity index (χ0v) is 13.8. The molecule has 2 nitrogen and oxygen atoms in total. The van der Waals surface area contributed by atoms with Gasteiger partial charge in [0.05, 0.1) is 6.04 Å². The molecule has 23 heavy (non-hydrogen) atoms. The number of aliphatic imine (C=N–C) groups is 1. The van der Waals surface area contributed by atoms with E-state index < -0.39 is 0 Å². The standard InChI is InChI=1S/C20H19NOS/c1-15(12-16-8-4-2-5-9-16)21-14-18-13-19(23-20(18)22)17-10-6-3-7-11-17/h2-11,13-15,22H,12H2,1H3/t15-/m0/s1. The zero-order chi connectivity index (χ0) is 16.1. The SMILES string of the molecule is C[C@@H](Cc1ccccc1)N=Cc1cc(-c2ccccc2)sc1O. The summed E-state index contributed by atoms with van der Waals surface area (Å²) in [6.45, 7) is 2.09. The third-order valence-corrected chi connectivity index (χ3v) is 4.64. The Hall–Kier alpha value is -2.39. The second-order valence-electron chi connectivity index (χ2n) is 5.55. The number of hydrogen-bond acceptors (Lipinski definition) is 3. The smallest absolute Gasteiger partial charge is 0.180 e. The van der Waals surface area contributed by atoms with Crippen LogP contribution in [0.1, 0.15) is 18.1 Å². The summed E-state index contributed by atoms with van der Waals surface area (Å²) < 4.78 is 0. The van der Waals surface area contributed by atoms with Crippen molar-refractivity contribution in [1.82, 2.24) is 0 Å². The molecule has 0 radical (unpaired) electrons. The molecular formula is C20H19NOS. The van der Waals surface area contributed by atoms with Gasteiger partial charge in [0.15, 0.2) is 5.06 Å². The van der Waals surface area contributed by atoms with E-state index in [0.29, 0.717) is 5.06 Å². The Morgan fingerprint density at radius 2 is 1.70 bits per heavy atom. The van der Waals surface area contributed by atoms with Crippen LogP contribution in [0, 0.1) is 0 Å². The minimum atomic E-state index is 0.178. The molecule has 116 valence electrons. The third-order valence-electron chi connectivity index (χ3n) is 3.64. The highest BCUT2D eigenvalue weighted by Gasteiger charge is 2.08.